The number of nitrogens with zero attached hydrogens (tertiary/aromatic N) is 1. The van der Waals surface area contributed by atoms with Gasteiger partial charge in [0.15, 0.2) is 0 Å². The van der Waals surface area contributed by atoms with Gasteiger partial charge in [0.1, 0.15) is 0 Å². The molecule has 0 unspecified atom stereocenters. The number of hydrogen-bond donors (Lipinski definition) is 1. The number of carbonyl (C=O) groups is 1. The monoisotopic (exact) mass is 146 g/mol. The third-order valence-electron chi connectivity index (χ3n) is 0.478. The van der Waals surface area contributed by atoms with Crippen molar-refractivity contribution in [3.63, 3.8) is 0 Å². The largest absolute Gasteiger partial charge is 0.359 e. The molecule has 0 aliphatic rings. The molecule has 3 nitrogen and oxygen atoms in total. The van der Waals surface area contributed by atoms with Gasteiger partial charge in [-0.2, -0.15) is 0 Å². The maximum absolute atomic E-state index is 9.45. The van der Waals surface area contributed by atoms with Crippen molar-refractivity contribution in [2.75, 3.05) is 27.7 Å². The van der Waals surface area contributed by atoms with Gasteiger partial charge in [-0.05, 0) is 27.6 Å². The Morgan fingerprint density at radius 2 is 1.80 bits per heavy atom. The lowest BCUT2D eigenvalue weighted by atomic mass is 10.5. The summed E-state index contributed by atoms with van der Waals surface area (Å²) in [6.45, 7) is 2.81. The summed E-state index contributed by atoms with van der Waals surface area (Å²) >= 11 is 0. The van der Waals surface area contributed by atoms with Crippen LogP contribution in [0, 0.1) is 0 Å². The zero-order valence-electron chi connectivity index (χ0n) is 7.35. The molecular formula is C7H18N2O. The topological polar surface area (TPSA) is 32.3 Å². The lowest BCUT2D eigenvalue weighted by Gasteiger charge is -1.90. The summed E-state index contributed by atoms with van der Waals surface area (Å²) < 4.78 is 0. The highest BCUT2D eigenvalue weighted by Crippen LogP contribution is 1.63. The highest BCUT2D eigenvalue weighted by atomic mass is 16.1. The standard InChI is InChI=1S/C4H9NO.C3H9N/c1-2-3-5-4-6;1-4(2)3/h4H,2-3H2,1H3,(H,5,6);1-3H3. The molecule has 1 amide bonds. The highest BCUT2D eigenvalue weighted by molar-refractivity contribution is 5.45. The van der Waals surface area contributed by atoms with Crippen LogP contribution >= 0.6 is 0 Å². The predicted molar refractivity (Wildman–Crippen MR) is 44.0 cm³/mol. The molecule has 0 aromatic rings. The maximum atomic E-state index is 9.45. The van der Waals surface area contributed by atoms with Gasteiger partial charge in [-0.3, -0.25) is 4.79 Å². The molecule has 0 atom stereocenters. The second kappa shape index (κ2) is 11.3. The van der Waals surface area contributed by atoms with Crippen LogP contribution in [-0.4, -0.2) is 39.0 Å². The SMILES string of the molecule is CCCNC=O.CN(C)C. The maximum Gasteiger partial charge on any atom is 0.207 e. The second-order valence-corrected chi connectivity index (χ2v) is 2.41. The summed E-state index contributed by atoms with van der Waals surface area (Å²) in [5.74, 6) is 0. The Morgan fingerprint density at radius 1 is 1.40 bits per heavy atom. The Morgan fingerprint density at radius 3 is 1.90 bits per heavy atom. The highest BCUT2D eigenvalue weighted by Gasteiger charge is 1.69. The van der Waals surface area contributed by atoms with Gasteiger partial charge >= 0.3 is 0 Å². The van der Waals surface area contributed by atoms with E-state index in [0.717, 1.165) is 13.0 Å². The fraction of sp³-hybridized carbons (Fsp3) is 0.857. The van der Waals surface area contributed by atoms with Crippen LogP contribution in [0.15, 0.2) is 0 Å². The van der Waals surface area contributed by atoms with Gasteiger partial charge < -0.3 is 10.2 Å². The Labute approximate surface area is 63.4 Å². The Hall–Kier alpha value is -0.570. The molecule has 0 heterocycles. The van der Waals surface area contributed by atoms with Gasteiger partial charge in [-0.15, -0.1) is 0 Å². The summed E-state index contributed by atoms with van der Waals surface area (Å²) in [6.07, 6.45) is 1.72. The average Bonchev–Trinajstić information content (AvgIpc) is 1.82. The third-order valence-corrected chi connectivity index (χ3v) is 0.478. The van der Waals surface area contributed by atoms with E-state index in [2.05, 4.69) is 5.32 Å². The van der Waals surface area contributed by atoms with E-state index >= 15 is 0 Å². The molecule has 3 heteroatoms. The Kier molecular flexibility index (Phi) is 13.7. The second-order valence-electron chi connectivity index (χ2n) is 2.41. The van der Waals surface area contributed by atoms with Crippen LogP contribution < -0.4 is 5.32 Å². The first kappa shape index (κ1) is 12.1. The lowest BCUT2D eigenvalue weighted by molar-refractivity contribution is -0.109. The molecule has 1 N–H and O–H groups in total. The van der Waals surface area contributed by atoms with Crippen molar-refractivity contribution in [1.29, 1.82) is 0 Å². The molecule has 0 rings (SSSR count). The Bertz CT molecular complexity index is 61.9. The van der Waals surface area contributed by atoms with Gasteiger partial charge in [0.05, 0.1) is 0 Å². The normalized spacial score (nSPS) is 8.10. The van der Waals surface area contributed by atoms with Gasteiger partial charge in [0.2, 0.25) is 6.41 Å². The van der Waals surface area contributed by atoms with Crippen molar-refractivity contribution in [3.05, 3.63) is 0 Å². The summed E-state index contributed by atoms with van der Waals surface area (Å²) in [7, 11) is 6.00. The van der Waals surface area contributed by atoms with Crippen LogP contribution in [0.2, 0.25) is 0 Å². The van der Waals surface area contributed by atoms with Crippen molar-refractivity contribution in [2.45, 2.75) is 13.3 Å². The van der Waals surface area contributed by atoms with Crippen molar-refractivity contribution in [1.82, 2.24) is 10.2 Å². The molecule has 0 bridgehead atoms. The van der Waals surface area contributed by atoms with Crippen molar-refractivity contribution >= 4 is 6.41 Å². The van der Waals surface area contributed by atoms with Crippen LogP contribution in [0.3, 0.4) is 0 Å². The van der Waals surface area contributed by atoms with Gasteiger partial charge in [-0.1, -0.05) is 6.92 Å². The average molecular weight is 146 g/mol. The van der Waals surface area contributed by atoms with Crippen LogP contribution in [0.5, 0.6) is 0 Å². The minimum atomic E-state index is 0.712. The zero-order chi connectivity index (χ0) is 8.41. The molecule has 0 aromatic heterocycles. The first-order valence-corrected chi connectivity index (χ1v) is 3.43. The molecule has 10 heavy (non-hydrogen) atoms. The Balaban J connectivity index is 0. The van der Waals surface area contributed by atoms with Crippen molar-refractivity contribution < 1.29 is 4.79 Å². The fourth-order valence-electron chi connectivity index (χ4n) is 0.203. The van der Waals surface area contributed by atoms with E-state index in [-0.39, 0.29) is 0 Å². The lowest BCUT2D eigenvalue weighted by Crippen LogP contribution is -2.10. The van der Waals surface area contributed by atoms with Crippen molar-refractivity contribution in [2.24, 2.45) is 0 Å². The predicted octanol–water partition coefficient (Wildman–Crippen LogP) is 0.320. The molecule has 0 saturated heterocycles. The van der Waals surface area contributed by atoms with Crippen LogP contribution in [0.4, 0.5) is 0 Å². The molecule has 0 saturated carbocycles. The molecule has 0 aromatic carbocycles. The summed E-state index contributed by atoms with van der Waals surface area (Å²) in [4.78, 5) is 11.5. The molecule has 0 spiro atoms. The third kappa shape index (κ3) is 52.0. The van der Waals surface area contributed by atoms with E-state index in [9.17, 15) is 4.79 Å². The number of rotatable bonds is 3. The summed E-state index contributed by atoms with van der Waals surface area (Å²) in [5.41, 5.74) is 0. The molecule has 0 radical (unpaired) electrons. The van der Waals surface area contributed by atoms with Crippen LogP contribution in [0.25, 0.3) is 0 Å². The summed E-state index contributed by atoms with van der Waals surface area (Å²) in [5, 5.41) is 2.52. The number of amides is 1. The smallest absolute Gasteiger partial charge is 0.207 e. The molecule has 0 fully saturated rings. The molecular weight excluding hydrogens is 128 g/mol. The van der Waals surface area contributed by atoms with Gasteiger partial charge in [0, 0.05) is 6.54 Å². The van der Waals surface area contributed by atoms with E-state index in [1.807, 2.05) is 33.0 Å². The number of hydrogen-bond acceptors (Lipinski definition) is 2. The number of nitrogens with one attached hydrogen (secondary N) is 1. The fourth-order valence-corrected chi connectivity index (χ4v) is 0.203. The van der Waals surface area contributed by atoms with E-state index < -0.39 is 0 Å². The van der Waals surface area contributed by atoms with E-state index in [1.165, 1.54) is 0 Å². The zero-order valence-corrected chi connectivity index (χ0v) is 7.35. The van der Waals surface area contributed by atoms with Crippen LogP contribution in [0.1, 0.15) is 13.3 Å². The molecule has 0 aliphatic heterocycles. The quantitative estimate of drug-likeness (QED) is 0.459. The minimum Gasteiger partial charge on any atom is -0.359 e. The van der Waals surface area contributed by atoms with Crippen molar-refractivity contribution in [3.8, 4) is 0 Å². The summed E-state index contributed by atoms with van der Waals surface area (Å²) in [6, 6.07) is 0. The first-order valence-electron chi connectivity index (χ1n) is 3.43. The van der Waals surface area contributed by atoms with E-state index in [0.29, 0.717) is 6.41 Å². The molecule has 0 aliphatic carbocycles. The van der Waals surface area contributed by atoms with Crippen LogP contribution in [-0.2, 0) is 4.79 Å². The first-order chi connectivity index (χ1) is 4.65. The molecule has 62 valence electrons. The van der Waals surface area contributed by atoms with E-state index in [1.54, 1.807) is 0 Å². The van der Waals surface area contributed by atoms with Gasteiger partial charge in [0.25, 0.3) is 0 Å². The van der Waals surface area contributed by atoms with E-state index in [4.69, 9.17) is 0 Å². The minimum absolute atomic E-state index is 0.712. The number of carbonyl (C=O) groups excluding carboxylic acids is 1. The van der Waals surface area contributed by atoms with Gasteiger partial charge in [-0.25, -0.2) is 0 Å².